The summed E-state index contributed by atoms with van der Waals surface area (Å²) in [4.78, 5) is 25.3. The molecular weight excluding hydrogens is 282 g/mol. The maximum absolute atomic E-state index is 12.8. The van der Waals surface area contributed by atoms with E-state index in [0.717, 1.165) is 5.56 Å². The Morgan fingerprint density at radius 2 is 2.00 bits per heavy atom. The molecule has 2 rings (SSSR count). The van der Waals surface area contributed by atoms with Crippen molar-refractivity contribution in [2.45, 2.75) is 32.8 Å². The Bertz CT molecular complexity index is 527. The molecular formula is C17H23NO4. The first-order valence-corrected chi connectivity index (χ1v) is 7.55. The number of carboxylic acid groups (broad SMARTS) is 1. The van der Waals surface area contributed by atoms with Crippen LogP contribution in [0.3, 0.4) is 0 Å². The Morgan fingerprint density at radius 3 is 2.64 bits per heavy atom. The number of morpholine rings is 1. The minimum absolute atomic E-state index is 0.0510. The Labute approximate surface area is 130 Å². The molecule has 120 valence electrons. The molecule has 5 nitrogen and oxygen atoms in total. The molecule has 1 saturated heterocycles. The number of aliphatic carboxylic acids is 1. The lowest BCUT2D eigenvalue weighted by Gasteiger charge is -2.37. The summed E-state index contributed by atoms with van der Waals surface area (Å²) in [5.74, 6) is -0.849. The summed E-state index contributed by atoms with van der Waals surface area (Å²) >= 11 is 0. The largest absolute Gasteiger partial charge is 0.481 e. The second-order valence-electron chi connectivity index (χ2n) is 6.39. The molecule has 0 aromatic heterocycles. The summed E-state index contributed by atoms with van der Waals surface area (Å²) in [6.07, 6.45) is 0.180. The number of amides is 1. The van der Waals surface area contributed by atoms with Crippen molar-refractivity contribution in [2.24, 2.45) is 5.41 Å². The Morgan fingerprint density at radius 1 is 1.32 bits per heavy atom. The van der Waals surface area contributed by atoms with Crippen LogP contribution in [0.2, 0.25) is 0 Å². The van der Waals surface area contributed by atoms with E-state index in [9.17, 15) is 9.59 Å². The maximum atomic E-state index is 12.8. The molecule has 1 amide bonds. The molecule has 5 heteroatoms. The van der Waals surface area contributed by atoms with E-state index in [2.05, 4.69) is 0 Å². The van der Waals surface area contributed by atoms with Crippen molar-refractivity contribution in [1.29, 1.82) is 0 Å². The minimum atomic E-state index is -0.900. The van der Waals surface area contributed by atoms with Crippen molar-refractivity contribution in [2.75, 3.05) is 19.7 Å². The number of carbonyl (C=O) groups excluding carboxylic acids is 1. The monoisotopic (exact) mass is 305 g/mol. The molecule has 0 radical (unpaired) electrons. The number of benzene rings is 1. The second-order valence-corrected chi connectivity index (χ2v) is 6.39. The summed E-state index contributed by atoms with van der Waals surface area (Å²) in [5.41, 5.74) is 0.600. The quantitative estimate of drug-likeness (QED) is 0.903. The van der Waals surface area contributed by atoms with E-state index in [1.54, 1.807) is 4.90 Å². The minimum Gasteiger partial charge on any atom is -0.481 e. The van der Waals surface area contributed by atoms with Crippen LogP contribution in [-0.2, 0) is 20.7 Å². The molecule has 1 aliphatic rings. The SMILES string of the molecule is CC(C)(Cc1ccccc1)C(=O)N1CCO[C@H](CC(=O)O)C1. The third kappa shape index (κ3) is 4.31. The van der Waals surface area contributed by atoms with Crippen molar-refractivity contribution in [3.63, 3.8) is 0 Å². The maximum Gasteiger partial charge on any atom is 0.306 e. The summed E-state index contributed by atoms with van der Waals surface area (Å²) in [6.45, 7) is 5.13. The number of nitrogens with zero attached hydrogens (tertiary/aromatic N) is 1. The summed E-state index contributed by atoms with van der Waals surface area (Å²) in [5, 5.41) is 8.86. The Hall–Kier alpha value is -1.88. The Kier molecular flexibility index (Phi) is 5.19. The van der Waals surface area contributed by atoms with Gasteiger partial charge in [-0.1, -0.05) is 44.2 Å². The van der Waals surface area contributed by atoms with Gasteiger partial charge in [0.25, 0.3) is 0 Å². The molecule has 1 atom stereocenters. The normalized spacial score (nSPS) is 19.0. The van der Waals surface area contributed by atoms with Crippen LogP contribution in [0, 0.1) is 5.41 Å². The van der Waals surface area contributed by atoms with Crippen LogP contribution in [0.4, 0.5) is 0 Å². The topological polar surface area (TPSA) is 66.8 Å². The zero-order chi connectivity index (χ0) is 16.2. The van der Waals surface area contributed by atoms with E-state index in [-0.39, 0.29) is 12.3 Å². The predicted octanol–water partition coefficient (Wildman–Crippen LogP) is 1.96. The summed E-state index contributed by atoms with van der Waals surface area (Å²) in [6, 6.07) is 9.92. The van der Waals surface area contributed by atoms with Crippen LogP contribution in [0.15, 0.2) is 30.3 Å². The van der Waals surface area contributed by atoms with E-state index < -0.39 is 17.5 Å². The van der Waals surface area contributed by atoms with Gasteiger partial charge >= 0.3 is 5.97 Å². The first kappa shape index (κ1) is 16.5. The number of hydrogen-bond donors (Lipinski definition) is 1. The molecule has 1 aromatic carbocycles. The van der Waals surface area contributed by atoms with Gasteiger partial charge in [-0.3, -0.25) is 9.59 Å². The van der Waals surface area contributed by atoms with Crippen molar-refractivity contribution in [3.8, 4) is 0 Å². The molecule has 0 spiro atoms. The fourth-order valence-electron chi connectivity index (χ4n) is 2.83. The van der Waals surface area contributed by atoms with E-state index in [4.69, 9.17) is 9.84 Å². The van der Waals surface area contributed by atoms with Crippen molar-refractivity contribution < 1.29 is 19.4 Å². The highest BCUT2D eigenvalue weighted by atomic mass is 16.5. The first-order valence-electron chi connectivity index (χ1n) is 7.55. The average Bonchev–Trinajstić information content (AvgIpc) is 2.46. The number of carboxylic acids is 1. The summed E-state index contributed by atoms with van der Waals surface area (Å²) in [7, 11) is 0. The molecule has 1 heterocycles. The first-order chi connectivity index (χ1) is 10.4. The molecule has 0 unspecified atom stereocenters. The third-order valence-corrected chi connectivity index (χ3v) is 3.90. The van der Waals surface area contributed by atoms with E-state index >= 15 is 0 Å². The van der Waals surface area contributed by atoms with E-state index in [1.165, 1.54) is 0 Å². The summed E-state index contributed by atoms with van der Waals surface area (Å²) < 4.78 is 5.43. The highest BCUT2D eigenvalue weighted by Gasteiger charge is 2.35. The van der Waals surface area contributed by atoms with Gasteiger partial charge in [0.05, 0.1) is 19.1 Å². The fourth-order valence-corrected chi connectivity index (χ4v) is 2.83. The van der Waals surface area contributed by atoms with Crippen molar-refractivity contribution in [3.05, 3.63) is 35.9 Å². The van der Waals surface area contributed by atoms with Crippen molar-refractivity contribution in [1.82, 2.24) is 4.90 Å². The number of hydrogen-bond acceptors (Lipinski definition) is 3. The molecule has 1 aliphatic heterocycles. The lowest BCUT2D eigenvalue weighted by Crippen LogP contribution is -2.51. The number of carbonyl (C=O) groups is 2. The van der Waals surface area contributed by atoms with E-state index in [1.807, 2.05) is 44.2 Å². The van der Waals surface area contributed by atoms with Crippen LogP contribution in [0.5, 0.6) is 0 Å². The highest BCUT2D eigenvalue weighted by Crippen LogP contribution is 2.26. The molecule has 1 N–H and O–H groups in total. The fraction of sp³-hybridized carbons (Fsp3) is 0.529. The van der Waals surface area contributed by atoms with Gasteiger partial charge in [-0.2, -0.15) is 0 Å². The molecule has 1 aromatic rings. The van der Waals surface area contributed by atoms with Gasteiger partial charge in [0.1, 0.15) is 0 Å². The Balaban J connectivity index is 2.01. The molecule has 0 bridgehead atoms. The van der Waals surface area contributed by atoms with Gasteiger partial charge in [-0.05, 0) is 12.0 Å². The van der Waals surface area contributed by atoms with E-state index in [0.29, 0.717) is 26.1 Å². The highest BCUT2D eigenvalue weighted by molar-refractivity contribution is 5.82. The van der Waals surface area contributed by atoms with Gasteiger partial charge < -0.3 is 14.7 Å². The standard InChI is InChI=1S/C17H23NO4/c1-17(2,11-13-6-4-3-5-7-13)16(21)18-8-9-22-14(12-18)10-15(19)20/h3-7,14H,8-12H2,1-2H3,(H,19,20)/t14-/m1/s1. The number of ether oxygens (including phenoxy) is 1. The smallest absolute Gasteiger partial charge is 0.306 e. The van der Waals surface area contributed by atoms with Crippen LogP contribution < -0.4 is 0 Å². The van der Waals surface area contributed by atoms with Crippen LogP contribution >= 0.6 is 0 Å². The lowest BCUT2D eigenvalue weighted by molar-refractivity contribution is -0.152. The van der Waals surface area contributed by atoms with Gasteiger partial charge in [0.2, 0.25) is 5.91 Å². The average molecular weight is 305 g/mol. The molecule has 0 aliphatic carbocycles. The molecule has 1 fully saturated rings. The van der Waals surface area contributed by atoms with Gasteiger partial charge in [-0.25, -0.2) is 0 Å². The van der Waals surface area contributed by atoms with Crippen LogP contribution in [0.25, 0.3) is 0 Å². The molecule has 0 saturated carbocycles. The number of rotatable bonds is 5. The predicted molar refractivity (Wildman–Crippen MR) is 82.5 cm³/mol. The van der Waals surface area contributed by atoms with Crippen molar-refractivity contribution >= 4 is 11.9 Å². The zero-order valence-corrected chi connectivity index (χ0v) is 13.1. The second kappa shape index (κ2) is 6.92. The van der Waals surface area contributed by atoms with Crippen LogP contribution in [0.1, 0.15) is 25.8 Å². The molecule has 22 heavy (non-hydrogen) atoms. The zero-order valence-electron chi connectivity index (χ0n) is 13.1. The lowest BCUT2D eigenvalue weighted by atomic mass is 9.84. The van der Waals surface area contributed by atoms with Crippen LogP contribution in [-0.4, -0.2) is 47.7 Å². The van der Waals surface area contributed by atoms with Gasteiger partial charge in [-0.15, -0.1) is 0 Å². The van der Waals surface area contributed by atoms with Gasteiger partial charge in [0.15, 0.2) is 0 Å². The third-order valence-electron chi connectivity index (χ3n) is 3.90. The van der Waals surface area contributed by atoms with Gasteiger partial charge in [0, 0.05) is 18.5 Å².